The second-order valence-electron chi connectivity index (χ2n) is 5.95. The van der Waals surface area contributed by atoms with Crippen molar-refractivity contribution >= 4 is 17.5 Å². The number of carbonyl (C=O) groups is 2. The molecule has 1 atom stereocenters. The number of rotatable bonds is 7. The molecule has 0 saturated carbocycles. The molecule has 2 amide bonds. The summed E-state index contributed by atoms with van der Waals surface area (Å²) < 4.78 is 5.78. The van der Waals surface area contributed by atoms with Gasteiger partial charge in [-0.15, -0.1) is 0 Å². The molecule has 6 heteroatoms. The number of nitrogens with one attached hydrogen (secondary N) is 2. The Kier molecular flexibility index (Phi) is 6.54. The molecule has 0 spiro atoms. The molecule has 0 unspecified atom stereocenters. The highest BCUT2D eigenvalue weighted by Crippen LogP contribution is 2.28. The van der Waals surface area contributed by atoms with Gasteiger partial charge in [0.25, 0.3) is 0 Å². The quantitative estimate of drug-likeness (QED) is 0.721. The van der Waals surface area contributed by atoms with Crippen LogP contribution >= 0.6 is 0 Å². The van der Waals surface area contributed by atoms with Crippen LogP contribution in [0.25, 0.3) is 0 Å². The third-order valence-corrected chi connectivity index (χ3v) is 3.58. The topological polar surface area (TPSA) is 93.5 Å². The summed E-state index contributed by atoms with van der Waals surface area (Å²) in [6.07, 6.45) is 0. The lowest BCUT2D eigenvalue weighted by molar-refractivity contribution is -0.125. The highest BCUT2D eigenvalue weighted by Gasteiger charge is 2.18. The van der Waals surface area contributed by atoms with Crippen LogP contribution in [0.5, 0.6) is 11.5 Å². The Hall–Kier alpha value is -2.86. The average Bonchev–Trinajstić information content (AvgIpc) is 2.61. The highest BCUT2D eigenvalue weighted by atomic mass is 16.5. The van der Waals surface area contributed by atoms with Crippen LogP contribution in [-0.4, -0.2) is 24.4 Å². The van der Waals surface area contributed by atoms with Crippen LogP contribution in [0.4, 0.5) is 5.69 Å². The van der Waals surface area contributed by atoms with Crippen LogP contribution in [0.1, 0.15) is 13.8 Å². The molecule has 0 aliphatic rings. The first-order chi connectivity index (χ1) is 12.0. The molecule has 2 rings (SSSR count). The molecule has 0 aliphatic heterocycles. The van der Waals surface area contributed by atoms with E-state index in [2.05, 4.69) is 10.6 Å². The van der Waals surface area contributed by atoms with E-state index in [4.69, 9.17) is 10.5 Å². The van der Waals surface area contributed by atoms with Gasteiger partial charge in [0.2, 0.25) is 11.8 Å². The van der Waals surface area contributed by atoms with E-state index in [1.165, 1.54) is 0 Å². The van der Waals surface area contributed by atoms with Gasteiger partial charge in [-0.2, -0.15) is 0 Å². The second kappa shape index (κ2) is 8.84. The Bertz CT molecular complexity index is 717. The minimum absolute atomic E-state index is 0.00283. The predicted molar refractivity (Wildman–Crippen MR) is 97.4 cm³/mol. The molecule has 6 nitrogen and oxygen atoms in total. The Morgan fingerprint density at radius 2 is 1.68 bits per heavy atom. The molecule has 25 heavy (non-hydrogen) atoms. The molecule has 0 aromatic heterocycles. The average molecular weight is 341 g/mol. The van der Waals surface area contributed by atoms with Crippen molar-refractivity contribution in [2.75, 3.05) is 11.9 Å². The maximum atomic E-state index is 12.1. The second-order valence-corrected chi connectivity index (χ2v) is 5.95. The van der Waals surface area contributed by atoms with E-state index in [9.17, 15) is 9.59 Å². The lowest BCUT2D eigenvalue weighted by atomic mass is 10.1. The summed E-state index contributed by atoms with van der Waals surface area (Å²) in [5.74, 6) is 0.489. The van der Waals surface area contributed by atoms with E-state index in [-0.39, 0.29) is 24.3 Å². The third kappa shape index (κ3) is 5.61. The number of benzene rings is 2. The molecule has 0 saturated heterocycles. The Labute approximate surface area is 147 Å². The van der Waals surface area contributed by atoms with E-state index in [0.29, 0.717) is 17.2 Å². The zero-order valence-electron chi connectivity index (χ0n) is 14.4. The SMILES string of the molecule is CC(C)[C@H](N)C(=O)NCC(=O)Nc1ccccc1Oc1ccccc1. The first kappa shape index (κ1) is 18.5. The van der Waals surface area contributed by atoms with Crippen molar-refractivity contribution in [1.29, 1.82) is 0 Å². The number of amides is 2. The van der Waals surface area contributed by atoms with Crippen LogP contribution in [0.3, 0.4) is 0 Å². The fourth-order valence-corrected chi connectivity index (χ4v) is 2.06. The number of hydrogen-bond acceptors (Lipinski definition) is 4. The van der Waals surface area contributed by atoms with E-state index in [1.807, 2.05) is 50.2 Å². The summed E-state index contributed by atoms with van der Waals surface area (Å²) in [6, 6.07) is 15.7. The Balaban J connectivity index is 1.96. The van der Waals surface area contributed by atoms with Crippen LogP contribution in [0.15, 0.2) is 54.6 Å². The standard InChI is InChI=1S/C19H23N3O3/c1-13(2)18(20)19(24)21-12-17(23)22-15-10-6-7-11-16(15)25-14-8-4-3-5-9-14/h3-11,13,18H,12,20H2,1-2H3,(H,21,24)(H,22,23)/t18-/m0/s1. The van der Waals surface area contributed by atoms with Crippen LogP contribution in [0, 0.1) is 5.92 Å². The van der Waals surface area contributed by atoms with Crippen LogP contribution in [-0.2, 0) is 9.59 Å². The zero-order valence-corrected chi connectivity index (χ0v) is 14.4. The van der Waals surface area contributed by atoms with Gasteiger partial charge in [0, 0.05) is 0 Å². The smallest absolute Gasteiger partial charge is 0.243 e. The number of carbonyl (C=O) groups excluding carboxylic acids is 2. The monoisotopic (exact) mass is 341 g/mol. The predicted octanol–water partition coefficient (Wildman–Crippen LogP) is 2.52. The molecule has 0 radical (unpaired) electrons. The fraction of sp³-hybridized carbons (Fsp3) is 0.263. The molecule has 0 aliphatic carbocycles. The zero-order chi connectivity index (χ0) is 18.2. The summed E-state index contributed by atoms with van der Waals surface area (Å²) in [5.41, 5.74) is 6.27. The van der Waals surface area contributed by atoms with Crippen molar-refractivity contribution < 1.29 is 14.3 Å². The largest absolute Gasteiger partial charge is 0.455 e. The molecule has 4 N–H and O–H groups in total. The summed E-state index contributed by atoms with van der Waals surface area (Å²) in [4.78, 5) is 23.9. The minimum Gasteiger partial charge on any atom is -0.455 e. The van der Waals surface area contributed by atoms with Crippen molar-refractivity contribution in [1.82, 2.24) is 5.32 Å². The van der Waals surface area contributed by atoms with Gasteiger partial charge in [-0.3, -0.25) is 9.59 Å². The first-order valence-electron chi connectivity index (χ1n) is 8.12. The van der Waals surface area contributed by atoms with Gasteiger partial charge in [0.15, 0.2) is 5.75 Å². The molecule has 0 bridgehead atoms. The normalized spacial score (nSPS) is 11.7. The van der Waals surface area contributed by atoms with Gasteiger partial charge in [0.1, 0.15) is 5.75 Å². The molecular weight excluding hydrogens is 318 g/mol. The van der Waals surface area contributed by atoms with Crippen LogP contribution in [0.2, 0.25) is 0 Å². The fourth-order valence-electron chi connectivity index (χ4n) is 2.06. The lowest BCUT2D eigenvalue weighted by Crippen LogP contribution is -2.46. The van der Waals surface area contributed by atoms with E-state index >= 15 is 0 Å². The van der Waals surface area contributed by atoms with E-state index in [1.54, 1.807) is 18.2 Å². The van der Waals surface area contributed by atoms with Gasteiger partial charge >= 0.3 is 0 Å². The summed E-state index contributed by atoms with van der Waals surface area (Å²) in [7, 11) is 0. The van der Waals surface area contributed by atoms with Crippen molar-refractivity contribution in [3.05, 3.63) is 54.6 Å². The molecule has 2 aromatic rings. The van der Waals surface area contributed by atoms with Crippen molar-refractivity contribution in [3.63, 3.8) is 0 Å². The molecule has 0 heterocycles. The van der Waals surface area contributed by atoms with Crippen molar-refractivity contribution in [2.24, 2.45) is 11.7 Å². The number of nitrogens with two attached hydrogens (primary N) is 1. The molecule has 0 fully saturated rings. The van der Waals surface area contributed by atoms with Gasteiger partial charge < -0.3 is 21.1 Å². The number of para-hydroxylation sites is 3. The van der Waals surface area contributed by atoms with Gasteiger partial charge in [-0.05, 0) is 30.2 Å². The number of hydrogen-bond donors (Lipinski definition) is 3. The molecular formula is C19H23N3O3. The van der Waals surface area contributed by atoms with E-state index in [0.717, 1.165) is 0 Å². The Morgan fingerprint density at radius 3 is 2.36 bits per heavy atom. The summed E-state index contributed by atoms with van der Waals surface area (Å²) in [6.45, 7) is 3.54. The molecule has 132 valence electrons. The van der Waals surface area contributed by atoms with Crippen molar-refractivity contribution in [3.8, 4) is 11.5 Å². The Morgan fingerprint density at radius 1 is 1.04 bits per heavy atom. The summed E-state index contributed by atoms with van der Waals surface area (Å²) >= 11 is 0. The van der Waals surface area contributed by atoms with E-state index < -0.39 is 6.04 Å². The maximum Gasteiger partial charge on any atom is 0.243 e. The van der Waals surface area contributed by atoms with Gasteiger partial charge in [0.05, 0.1) is 18.3 Å². The first-order valence-corrected chi connectivity index (χ1v) is 8.12. The van der Waals surface area contributed by atoms with Crippen molar-refractivity contribution in [2.45, 2.75) is 19.9 Å². The molecule has 2 aromatic carbocycles. The lowest BCUT2D eigenvalue weighted by Gasteiger charge is -2.16. The number of ether oxygens (including phenoxy) is 1. The van der Waals surface area contributed by atoms with Crippen LogP contribution < -0.4 is 21.1 Å². The summed E-state index contributed by atoms with van der Waals surface area (Å²) in [5, 5.41) is 5.27. The highest BCUT2D eigenvalue weighted by molar-refractivity contribution is 5.96. The minimum atomic E-state index is -0.637. The third-order valence-electron chi connectivity index (χ3n) is 3.58. The maximum absolute atomic E-state index is 12.1. The van der Waals surface area contributed by atoms with Gasteiger partial charge in [-0.1, -0.05) is 44.2 Å². The van der Waals surface area contributed by atoms with Gasteiger partial charge in [-0.25, -0.2) is 0 Å². The number of anilines is 1.